The maximum Gasteiger partial charge on any atom is 0.262 e. The van der Waals surface area contributed by atoms with Gasteiger partial charge in [-0.15, -0.1) is 0 Å². The lowest BCUT2D eigenvalue weighted by Gasteiger charge is -2.29. The minimum atomic E-state index is -0.631. The first kappa shape index (κ1) is 19.3. The topological polar surface area (TPSA) is 79.4 Å². The summed E-state index contributed by atoms with van der Waals surface area (Å²) in [6.07, 6.45) is 0.934. The zero-order chi connectivity index (χ0) is 20.9. The Hall–Kier alpha value is -3.06. The van der Waals surface area contributed by atoms with Crippen molar-refractivity contribution in [2.75, 3.05) is 5.32 Å². The monoisotopic (exact) mass is 407 g/mol. The summed E-state index contributed by atoms with van der Waals surface area (Å²) in [7, 11) is 0. The summed E-state index contributed by atoms with van der Waals surface area (Å²) in [5, 5.41) is 3.30. The molecule has 29 heavy (non-hydrogen) atoms. The van der Waals surface area contributed by atoms with E-state index in [0.29, 0.717) is 16.3 Å². The van der Waals surface area contributed by atoms with Crippen LogP contribution in [0.15, 0.2) is 36.4 Å². The molecule has 2 aromatic carbocycles. The number of benzene rings is 2. The molecule has 3 amide bonds. The van der Waals surface area contributed by atoms with Crippen LogP contribution in [-0.2, 0) is 6.42 Å². The van der Waals surface area contributed by atoms with Crippen molar-refractivity contribution in [1.29, 1.82) is 0 Å². The summed E-state index contributed by atoms with van der Waals surface area (Å²) in [6, 6.07) is 10.6. The number of carbonyl (C=O) groups excluding carboxylic acids is 3. The number of rotatable bonds is 3. The van der Waals surface area contributed by atoms with Crippen LogP contribution in [-0.4, -0.2) is 33.1 Å². The molecule has 1 N–H and O–H groups in total. The molecule has 4 rings (SSSR count). The number of imide groups is 1. The van der Waals surface area contributed by atoms with E-state index in [4.69, 9.17) is 0 Å². The number of hydrogen-bond acceptors (Lipinski definition) is 5. The van der Waals surface area contributed by atoms with Crippen LogP contribution < -0.4 is 5.32 Å². The molecule has 1 aromatic heterocycles. The number of fused-ring (bicyclic) bond motifs is 2. The Morgan fingerprint density at radius 1 is 1.07 bits per heavy atom. The number of amides is 3. The van der Waals surface area contributed by atoms with Crippen LogP contribution in [0.4, 0.5) is 5.13 Å². The summed E-state index contributed by atoms with van der Waals surface area (Å²) >= 11 is 1.41. The van der Waals surface area contributed by atoms with Crippen molar-refractivity contribution in [2.24, 2.45) is 0 Å². The molecule has 1 aliphatic rings. The van der Waals surface area contributed by atoms with Crippen LogP contribution in [0, 0.1) is 0 Å². The zero-order valence-corrected chi connectivity index (χ0v) is 17.5. The maximum absolute atomic E-state index is 12.7. The number of hydrogen-bond donors (Lipinski definition) is 1. The summed E-state index contributed by atoms with van der Waals surface area (Å²) in [6.45, 7) is 7.50. The highest BCUT2D eigenvalue weighted by molar-refractivity contribution is 7.22. The van der Waals surface area contributed by atoms with E-state index in [1.54, 1.807) is 32.9 Å². The number of aromatic nitrogens is 1. The van der Waals surface area contributed by atoms with Crippen LogP contribution in [0.1, 0.15) is 64.3 Å². The third-order valence-electron chi connectivity index (χ3n) is 4.90. The smallest absolute Gasteiger partial charge is 0.262 e. The molecular formula is C22H21N3O3S. The maximum atomic E-state index is 12.7. The Balaban J connectivity index is 1.61. The van der Waals surface area contributed by atoms with Crippen molar-refractivity contribution < 1.29 is 14.4 Å². The molecule has 0 atom stereocenters. The van der Waals surface area contributed by atoms with E-state index in [-0.39, 0.29) is 23.3 Å². The number of anilines is 1. The van der Waals surface area contributed by atoms with Gasteiger partial charge in [0.2, 0.25) is 0 Å². The zero-order valence-electron chi connectivity index (χ0n) is 16.7. The quantitative estimate of drug-likeness (QED) is 0.648. The van der Waals surface area contributed by atoms with E-state index in [1.165, 1.54) is 27.9 Å². The average molecular weight is 407 g/mol. The lowest BCUT2D eigenvalue weighted by molar-refractivity contribution is 0.0507. The molecule has 0 fully saturated rings. The van der Waals surface area contributed by atoms with Crippen LogP contribution in [0.2, 0.25) is 0 Å². The average Bonchev–Trinajstić information content (AvgIpc) is 3.18. The number of nitrogens with zero attached hydrogens (tertiary/aromatic N) is 2. The van der Waals surface area contributed by atoms with E-state index in [1.807, 2.05) is 12.1 Å². The Morgan fingerprint density at radius 2 is 1.79 bits per heavy atom. The van der Waals surface area contributed by atoms with Gasteiger partial charge in [0.25, 0.3) is 17.7 Å². The highest BCUT2D eigenvalue weighted by Gasteiger charge is 2.42. The molecule has 0 saturated heterocycles. The van der Waals surface area contributed by atoms with Crippen molar-refractivity contribution in [3.8, 4) is 0 Å². The first-order valence-electron chi connectivity index (χ1n) is 9.43. The van der Waals surface area contributed by atoms with Crippen LogP contribution in [0.3, 0.4) is 0 Å². The number of thiazole rings is 1. The van der Waals surface area contributed by atoms with Gasteiger partial charge >= 0.3 is 0 Å². The van der Waals surface area contributed by atoms with Crippen LogP contribution in [0.25, 0.3) is 10.2 Å². The van der Waals surface area contributed by atoms with Gasteiger partial charge in [-0.25, -0.2) is 4.98 Å². The first-order valence-corrected chi connectivity index (χ1v) is 10.2. The molecule has 0 bridgehead atoms. The molecular weight excluding hydrogens is 386 g/mol. The molecule has 7 heteroatoms. The fourth-order valence-electron chi connectivity index (χ4n) is 3.40. The predicted octanol–water partition coefficient (Wildman–Crippen LogP) is 4.51. The first-order chi connectivity index (χ1) is 13.7. The SMILES string of the molecule is CCc1ccc2nc(NC(=O)c3ccc4c(c3)C(=O)N(C(C)(C)C)C4=O)sc2c1. The fraction of sp³-hybridized carbons (Fsp3) is 0.273. The second kappa shape index (κ2) is 6.77. The van der Waals surface area contributed by atoms with Gasteiger partial charge in [-0.1, -0.05) is 24.3 Å². The van der Waals surface area contributed by atoms with Gasteiger partial charge in [0, 0.05) is 11.1 Å². The lowest BCUT2D eigenvalue weighted by atomic mass is 10.1. The molecule has 0 aliphatic carbocycles. The van der Waals surface area contributed by atoms with Crippen molar-refractivity contribution in [1.82, 2.24) is 9.88 Å². The fourth-order valence-corrected chi connectivity index (χ4v) is 4.33. The predicted molar refractivity (Wildman–Crippen MR) is 114 cm³/mol. The van der Waals surface area contributed by atoms with Crippen LogP contribution in [0.5, 0.6) is 0 Å². The Labute approximate surface area is 172 Å². The Bertz CT molecular complexity index is 1170. The van der Waals surface area contributed by atoms with E-state index in [9.17, 15) is 14.4 Å². The third-order valence-corrected chi connectivity index (χ3v) is 5.83. The van der Waals surface area contributed by atoms with Crippen LogP contribution >= 0.6 is 11.3 Å². The Kier molecular flexibility index (Phi) is 4.50. The highest BCUT2D eigenvalue weighted by Crippen LogP contribution is 2.31. The minimum absolute atomic E-state index is 0.259. The third kappa shape index (κ3) is 3.31. The molecule has 2 heterocycles. The molecule has 0 saturated carbocycles. The van der Waals surface area contributed by atoms with Crippen molar-refractivity contribution in [3.05, 3.63) is 58.7 Å². The number of nitrogens with one attached hydrogen (secondary N) is 1. The van der Waals surface area contributed by atoms with Gasteiger partial charge in [0.05, 0.1) is 21.3 Å². The van der Waals surface area contributed by atoms with Gasteiger partial charge in [-0.05, 0) is 63.1 Å². The summed E-state index contributed by atoms with van der Waals surface area (Å²) < 4.78 is 1.01. The molecule has 1 aliphatic heterocycles. The molecule has 0 radical (unpaired) electrons. The second-order valence-electron chi connectivity index (χ2n) is 8.01. The van der Waals surface area contributed by atoms with Gasteiger partial charge in [0.1, 0.15) is 0 Å². The largest absolute Gasteiger partial charge is 0.298 e. The van der Waals surface area contributed by atoms with E-state index >= 15 is 0 Å². The molecule has 3 aromatic rings. The second-order valence-corrected chi connectivity index (χ2v) is 9.04. The minimum Gasteiger partial charge on any atom is -0.298 e. The van der Waals surface area contributed by atoms with Gasteiger partial charge in [-0.3, -0.25) is 24.6 Å². The van der Waals surface area contributed by atoms with Gasteiger partial charge in [0.15, 0.2) is 5.13 Å². The lowest BCUT2D eigenvalue weighted by Crippen LogP contribution is -2.45. The number of aryl methyl sites for hydroxylation is 1. The molecule has 148 valence electrons. The summed E-state index contributed by atoms with van der Waals surface area (Å²) in [5.74, 6) is -1.07. The van der Waals surface area contributed by atoms with E-state index in [2.05, 4.69) is 23.3 Å². The van der Waals surface area contributed by atoms with Crippen molar-refractivity contribution >= 4 is 44.4 Å². The van der Waals surface area contributed by atoms with E-state index in [0.717, 1.165) is 16.6 Å². The number of carbonyl (C=O) groups is 3. The normalized spacial score (nSPS) is 13.9. The van der Waals surface area contributed by atoms with Gasteiger partial charge in [-0.2, -0.15) is 0 Å². The van der Waals surface area contributed by atoms with Crippen molar-refractivity contribution in [2.45, 2.75) is 39.7 Å². The molecule has 0 unspecified atom stereocenters. The van der Waals surface area contributed by atoms with E-state index < -0.39 is 5.54 Å². The van der Waals surface area contributed by atoms with Gasteiger partial charge < -0.3 is 0 Å². The highest BCUT2D eigenvalue weighted by atomic mass is 32.1. The van der Waals surface area contributed by atoms with Crippen molar-refractivity contribution in [3.63, 3.8) is 0 Å². The standard InChI is InChI=1S/C22H21N3O3S/c1-5-12-6-9-16-17(10-12)29-21(23-16)24-18(26)13-7-8-14-15(11-13)20(28)25(19(14)27)22(2,3)4/h6-11H,5H2,1-4H3,(H,23,24,26). The molecule has 0 spiro atoms. The Morgan fingerprint density at radius 3 is 2.48 bits per heavy atom. The summed E-state index contributed by atoms with van der Waals surface area (Å²) in [4.78, 5) is 43.7. The molecule has 6 nitrogen and oxygen atoms in total. The summed E-state index contributed by atoms with van der Waals surface area (Å²) in [5.41, 5.74) is 2.31.